The smallest absolute Gasteiger partial charge is 0.275 e. The first-order chi connectivity index (χ1) is 15.5. The first-order valence-corrected chi connectivity index (χ1v) is 10.8. The molecule has 0 amide bonds. The number of nitrogens with one attached hydrogen (secondary N) is 2. The highest BCUT2D eigenvalue weighted by Gasteiger charge is 2.38. The molecule has 0 bridgehead atoms. The number of allylic oxidation sites excluding steroid dienone is 1. The van der Waals surface area contributed by atoms with E-state index in [1.807, 2.05) is 48.5 Å². The highest BCUT2D eigenvalue weighted by molar-refractivity contribution is 6.30. The third kappa shape index (κ3) is 3.63. The molecule has 5 rings (SSSR count). The fourth-order valence-corrected chi connectivity index (χ4v) is 4.72. The van der Waals surface area contributed by atoms with Gasteiger partial charge in [-0.25, -0.2) is 0 Å². The molecule has 1 aliphatic carbocycles. The van der Waals surface area contributed by atoms with Gasteiger partial charge in [0.1, 0.15) is 0 Å². The van der Waals surface area contributed by atoms with Crippen molar-refractivity contribution in [2.75, 3.05) is 10.6 Å². The Balaban J connectivity index is 1.64. The molecule has 1 heterocycles. The number of Topliss-reactive ketones (excluding diaryl/α,β-unsaturated/α-hetero) is 1. The van der Waals surface area contributed by atoms with Crippen LogP contribution in [0.2, 0.25) is 5.02 Å². The molecule has 2 aliphatic rings. The second-order valence-electron chi connectivity index (χ2n) is 8.04. The van der Waals surface area contributed by atoms with Crippen molar-refractivity contribution in [1.82, 2.24) is 0 Å². The lowest BCUT2D eigenvalue weighted by Crippen LogP contribution is -2.27. The fourth-order valence-electron chi connectivity index (χ4n) is 4.59. The summed E-state index contributed by atoms with van der Waals surface area (Å²) in [6.45, 7) is 0. The van der Waals surface area contributed by atoms with E-state index in [2.05, 4.69) is 10.6 Å². The molecule has 0 unspecified atom stereocenters. The van der Waals surface area contributed by atoms with Crippen LogP contribution in [0.25, 0.3) is 0 Å². The summed E-state index contributed by atoms with van der Waals surface area (Å²) in [5.74, 6) is -0.0233. The molecule has 0 fully saturated rings. The molecule has 3 aromatic rings. The monoisotopic (exact) mass is 445 g/mol. The number of nitro benzene ring substituents is 1. The van der Waals surface area contributed by atoms with Gasteiger partial charge in [0.15, 0.2) is 5.78 Å². The van der Waals surface area contributed by atoms with E-state index in [1.165, 1.54) is 6.07 Å². The number of carbonyl (C=O) groups excluding carboxylic acids is 1. The molecule has 0 radical (unpaired) electrons. The van der Waals surface area contributed by atoms with Crippen LogP contribution in [0.1, 0.15) is 35.9 Å². The number of nitrogens with zero attached hydrogens (tertiary/aromatic N) is 1. The fraction of sp³-hybridized carbons (Fsp3) is 0.160. The van der Waals surface area contributed by atoms with Gasteiger partial charge in [0.2, 0.25) is 0 Å². The Kier molecular flexibility index (Phi) is 5.15. The van der Waals surface area contributed by atoms with E-state index in [1.54, 1.807) is 18.2 Å². The summed E-state index contributed by atoms with van der Waals surface area (Å²) < 4.78 is 0. The molecule has 160 valence electrons. The SMILES string of the molecule is O=C1C[C@H](c2ccc(Cl)cc2)CC2=C1[C@@H](c1ccccc1[N+](=O)[O-])Nc1ccccc1N2. The Hall–Kier alpha value is -3.64. The highest BCUT2D eigenvalue weighted by atomic mass is 35.5. The molecule has 3 aromatic carbocycles. The maximum Gasteiger partial charge on any atom is 0.275 e. The van der Waals surface area contributed by atoms with Crippen molar-refractivity contribution in [1.29, 1.82) is 0 Å². The van der Waals surface area contributed by atoms with Crippen LogP contribution in [0.4, 0.5) is 17.1 Å². The lowest BCUT2D eigenvalue weighted by Gasteiger charge is -2.29. The van der Waals surface area contributed by atoms with Crippen LogP contribution in [-0.4, -0.2) is 10.7 Å². The standard InChI is InChI=1S/C25H20ClN3O3/c26-17-11-9-15(10-12-17)16-13-21-24(23(30)14-16)25(18-5-1-4-8-22(18)29(31)32)28-20-7-3-2-6-19(20)27-21/h1-12,16,25,27-28H,13-14H2/t16-,25-/m1/s1. The Morgan fingerprint density at radius 3 is 2.34 bits per heavy atom. The summed E-state index contributed by atoms with van der Waals surface area (Å²) in [5, 5.41) is 19.3. The predicted molar refractivity (Wildman–Crippen MR) is 125 cm³/mol. The number of rotatable bonds is 3. The minimum absolute atomic E-state index is 0.00249. The van der Waals surface area contributed by atoms with E-state index in [0.29, 0.717) is 29.0 Å². The first kappa shape index (κ1) is 20.3. The number of anilines is 2. The van der Waals surface area contributed by atoms with E-state index in [0.717, 1.165) is 22.6 Å². The van der Waals surface area contributed by atoms with Crippen molar-refractivity contribution in [2.24, 2.45) is 0 Å². The van der Waals surface area contributed by atoms with Gasteiger partial charge in [0.05, 0.1) is 27.9 Å². The summed E-state index contributed by atoms with van der Waals surface area (Å²) in [5.41, 5.74) is 4.49. The van der Waals surface area contributed by atoms with Gasteiger partial charge in [0, 0.05) is 28.8 Å². The van der Waals surface area contributed by atoms with E-state index >= 15 is 0 Å². The Morgan fingerprint density at radius 2 is 1.59 bits per heavy atom. The molecule has 2 N–H and O–H groups in total. The third-order valence-electron chi connectivity index (χ3n) is 6.09. The molecule has 32 heavy (non-hydrogen) atoms. The van der Waals surface area contributed by atoms with Gasteiger partial charge in [-0.15, -0.1) is 0 Å². The normalized spacial score (nSPS) is 19.8. The van der Waals surface area contributed by atoms with Crippen LogP contribution in [0.5, 0.6) is 0 Å². The molecule has 0 saturated heterocycles. The lowest BCUT2D eigenvalue weighted by atomic mass is 9.78. The average Bonchev–Trinajstić information content (AvgIpc) is 2.96. The first-order valence-electron chi connectivity index (χ1n) is 10.4. The van der Waals surface area contributed by atoms with E-state index in [9.17, 15) is 14.9 Å². The zero-order valence-electron chi connectivity index (χ0n) is 17.0. The molecular weight excluding hydrogens is 426 g/mol. The molecule has 6 nitrogen and oxygen atoms in total. The Bertz CT molecular complexity index is 1250. The molecule has 7 heteroatoms. The number of ketones is 1. The van der Waals surface area contributed by atoms with Gasteiger partial charge < -0.3 is 10.6 Å². The summed E-state index contributed by atoms with van der Waals surface area (Å²) in [7, 11) is 0. The summed E-state index contributed by atoms with van der Waals surface area (Å²) in [6, 6.07) is 21.2. The van der Waals surface area contributed by atoms with Crippen molar-refractivity contribution in [3.05, 3.63) is 110 Å². The van der Waals surface area contributed by atoms with Crippen LogP contribution < -0.4 is 10.6 Å². The lowest BCUT2D eigenvalue weighted by molar-refractivity contribution is -0.385. The van der Waals surface area contributed by atoms with Crippen molar-refractivity contribution in [3.8, 4) is 0 Å². The van der Waals surface area contributed by atoms with Gasteiger partial charge >= 0.3 is 0 Å². The number of nitro groups is 1. The second-order valence-corrected chi connectivity index (χ2v) is 8.47. The maximum atomic E-state index is 13.5. The van der Waals surface area contributed by atoms with E-state index in [4.69, 9.17) is 11.6 Å². The topological polar surface area (TPSA) is 84.3 Å². The molecule has 2 atom stereocenters. The number of hydrogen-bond donors (Lipinski definition) is 2. The zero-order valence-corrected chi connectivity index (χ0v) is 17.8. The van der Waals surface area contributed by atoms with Crippen LogP contribution in [0.15, 0.2) is 84.1 Å². The van der Waals surface area contributed by atoms with Crippen LogP contribution in [0.3, 0.4) is 0 Å². The summed E-state index contributed by atoms with van der Waals surface area (Å²) in [4.78, 5) is 24.9. The van der Waals surface area contributed by atoms with Gasteiger partial charge in [-0.1, -0.05) is 48.0 Å². The predicted octanol–water partition coefficient (Wildman–Crippen LogP) is 6.23. The average molecular weight is 446 g/mol. The zero-order chi connectivity index (χ0) is 22.2. The molecule has 0 saturated carbocycles. The van der Waals surface area contributed by atoms with Gasteiger partial charge in [-0.05, 0) is 48.2 Å². The summed E-state index contributed by atoms with van der Waals surface area (Å²) >= 11 is 6.04. The number of fused-ring (bicyclic) bond motifs is 1. The number of para-hydroxylation sites is 3. The number of carbonyl (C=O) groups is 1. The number of benzene rings is 3. The second kappa shape index (κ2) is 8.13. The molecule has 0 aromatic heterocycles. The van der Waals surface area contributed by atoms with Gasteiger partial charge in [-0.3, -0.25) is 14.9 Å². The number of hydrogen-bond acceptors (Lipinski definition) is 5. The number of halogens is 1. The van der Waals surface area contributed by atoms with E-state index in [-0.39, 0.29) is 17.4 Å². The molecule has 1 aliphatic heterocycles. The Morgan fingerprint density at radius 1 is 0.906 bits per heavy atom. The maximum absolute atomic E-state index is 13.5. The van der Waals surface area contributed by atoms with Crippen LogP contribution >= 0.6 is 11.6 Å². The Labute approximate surface area is 190 Å². The third-order valence-corrected chi connectivity index (χ3v) is 6.35. The van der Waals surface area contributed by atoms with Crippen molar-refractivity contribution in [3.63, 3.8) is 0 Å². The van der Waals surface area contributed by atoms with Crippen molar-refractivity contribution in [2.45, 2.75) is 24.8 Å². The largest absolute Gasteiger partial charge is 0.372 e. The molecular formula is C25H20ClN3O3. The van der Waals surface area contributed by atoms with Gasteiger partial charge in [-0.2, -0.15) is 0 Å². The minimum atomic E-state index is -0.624. The van der Waals surface area contributed by atoms with Crippen LogP contribution in [0, 0.1) is 10.1 Å². The minimum Gasteiger partial charge on any atom is -0.372 e. The summed E-state index contributed by atoms with van der Waals surface area (Å²) in [6.07, 6.45) is 0.952. The van der Waals surface area contributed by atoms with Crippen LogP contribution in [-0.2, 0) is 4.79 Å². The highest BCUT2D eigenvalue weighted by Crippen LogP contribution is 2.45. The van der Waals surface area contributed by atoms with Crippen molar-refractivity contribution >= 4 is 34.4 Å². The quantitative estimate of drug-likeness (QED) is 0.369. The van der Waals surface area contributed by atoms with Gasteiger partial charge in [0.25, 0.3) is 5.69 Å². The van der Waals surface area contributed by atoms with E-state index < -0.39 is 11.0 Å². The van der Waals surface area contributed by atoms with Crippen molar-refractivity contribution < 1.29 is 9.72 Å². The molecule has 0 spiro atoms.